The van der Waals surface area contributed by atoms with Gasteiger partial charge in [-0.3, -0.25) is 24.2 Å². The highest BCUT2D eigenvalue weighted by Crippen LogP contribution is 2.39. The van der Waals surface area contributed by atoms with E-state index in [1.54, 1.807) is 38.5 Å². The lowest BCUT2D eigenvalue weighted by Crippen LogP contribution is -2.38. The number of nitrogens with zero attached hydrogens (tertiary/aromatic N) is 2. The molecule has 0 aliphatic carbocycles. The van der Waals surface area contributed by atoms with E-state index in [0.29, 0.717) is 35.6 Å². The number of benzene rings is 2. The van der Waals surface area contributed by atoms with Crippen molar-refractivity contribution in [1.29, 1.82) is 0 Å². The van der Waals surface area contributed by atoms with Gasteiger partial charge in [-0.1, -0.05) is 12.1 Å². The van der Waals surface area contributed by atoms with Gasteiger partial charge >= 0.3 is 5.97 Å². The molecule has 4 rings (SSSR count). The first-order chi connectivity index (χ1) is 16.5. The maximum atomic E-state index is 12.6. The zero-order valence-electron chi connectivity index (χ0n) is 19.8. The monoisotopic (exact) mass is 466 g/mol. The molecule has 0 bridgehead atoms. The molecule has 0 aromatic heterocycles. The third kappa shape index (κ3) is 4.50. The van der Waals surface area contributed by atoms with Crippen LogP contribution in [0.3, 0.4) is 0 Å². The van der Waals surface area contributed by atoms with Gasteiger partial charge in [-0.2, -0.15) is 0 Å². The van der Waals surface area contributed by atoms with Crippen molar-refractivity contribution in [1.82, 2.24) is 9.80 Å². The van der Waals surface area contributed by atoms with E-state index in [1.165, 1.54) is 12.0 Å². The van der Waals surface area contributed by atoms with Gasteiger partial charge in [0, 0.05) is 19.1 Å². The van der Waals surface area contributed by atoms with Crippen LogP contribution in [0.25, 0.3) is 0 Å². The molecule has 8 nitrogen and oxygen atoms in total. The molecule has 0 saturated heterocycles. The van der Waals surface area contributed by atoms with Crippen LogP contribution in [-0.4, -0.2) is 68.5 Å². The molecule has 0 spiro atoms. The first kappa shape index (κ1) is 23.8. The number of rotatable bonds is 9. The fourth-order valence-electron chi connectivity index (χ4n) is 4.86. The Bertz CT molecular complexity index is 1060. The lowest BCUT2D eigenvalue weighted by atomic mass is 9.89. The summed E-state index contributed by atoms with van der Waals surface area (Å²) in [5.41, 5.74) is 3.12. The summed E-state index contributed by atoms with van der Waals surface area (Å²) in [6, 6.07) is 10.7. The molecule has 0 unspecified atom stereocenters. The Morgan fingerprint density at radius 1 is 0.941 bits per heavy atom. The van der Waals surface area contributed by atoms with E-state index in [4.69, 9.17) is 14.2 Å². The number of hydrogen-bond donors (Lipinski definition) is 0. The summed E-state index contributed by atoms with van der Waals surface area (Å²) in [5.74, 6) is 0.578. The highest BCUT2D eigenvalue weighted by molar-refractivity contribution is 6.21. The van der Waals surface area contributed by atoms with E-state index in [2.05, 4.69) is 4.90 Å². The summed E-state index contributed by atoms with van der Waals surface area (Å²) >= 11 is 0. The summed E-state index contributed by atoms with van der Waals surface area (Å²) in [6.07, 6.45) is 2.53. The largest absolute Gasteiger partial charge is 0.493 e. The SMILES string of the molecule is COC(=O)C[C@H]1c2cc(OC)c(OC)cc2CCN1CCCCN1C(=O)c2ccccc2C1=O. The molecule has 2 amide bonds. The van der Waals surface area contributed by atoms with Crippen LogP contribution in [0, 0.1) is 0 Å². The Balaban J connectivity index is 1.43. The lowest BCUT2D eigenvalue weighted by molar-refractivity contribution is -0.142. The number of imide groups is 1. The predicted octanol–water partition coefficient (Wildman–Crippen LogP) is 3.24. The Hall–Kier alpha value is -3.39. The normalized spacial score (nSPS) is 17.4. The maximum absolute atomic E-state index is 12.6. The van der Waals surface area contributed by atoms with Crippen LogP contribution in [0.2, 0.25) is 0 Å². The highest BCUT2D eigenvalue weighted by Gasteiger charge is 2.35. The van der Waals surface area contributed by atoms with Crippen molar-refractivity contribution in [3.63, 3.8) is 0 Å². The van der Waals surface area contributed by atoms with E-state index in [-0.39, 0.29) is 30.2 Å². The first-order valence-electron chi connectivity index (χ1n) is 11.5. The Morgan fingerprint density at radius 2 is 1.56 bits per heavy atom. The Morgan fingerprint density at radius 3 is 2.18 bits per heavy atom. The van der Waals surface area contributed by atoms with Gasteiger partial charge in [0.1, 0.15) is 0 Å². The highest BCUT2D eigenvalue weighted by atomic mass is 16.5. The molecule has 0 N–H and O–H groups in total. The van der Waals surface area contributed by atoms with Crippen LogP contribution in [0.4, 0.5) is 0 Å². The third-order valence-corrected chi connectivity index (χ3v) is 6.66. The fourth-order valence-corrected chi connectivity index (χ4v) is 4.86. The van der Waals surface area contributed by atoms with Gasteiger partial charge in [0.2, 0.25) is 0 Å². The number of hydrogen-bond acceptors (Lipinski definition) is 7. The number of fused-ring (bicyclic) bond motifs is 2. The van der Waals surface area contributed by atoms with Gasteiger partial charge in [0.25, 0.3) is 11.8 Å². The molecule has 2 heterocycles. The fraction of sp³-hybridized carbons (Fsp3) is 0.423. The van der Waals surface area contributed by atoms with Gasteiger partial charge in [0.05, 0.1) is 38.9 Å². The standard InChI is InChI=1S/C26H30N2O6/c1-32-22-14-17-10-13-27(21(16-24(29)34-3)20(17)15-23(22)33-2)11-6-7-12-28-25(30)18-8-4-5-9-19(18)26(28)31/h4-5,8-9,14-15,21H,6-7,10-13,16H2,1-3H3/t21-/m0/s1. The molecule has 2 aliphatic rings. The van der Waals surface area contributed by atoms with Gasteiger partial charge in [0.15, 0.2) is 11.5 Å². The number of unbranched alkanes of at least 4 members (excludes halogenated alkanes) is 1. The van der Waals surface area contributed by atoms with Crippen LogP contribution in [0.5, 0.6) is 11.5 Å². The molecule has 34 heavy (non-hydrogen) atoms. The third-order valence-electron chi connectivity index (χ3n) is 6.66. The van der Waals surface area contributed by atoms with Gasteiger partial charge in [-0.05, 0) is 61.2 Å². The molecule has 2 aliphatic heterocycles. The lowest BCUT2D eigenvalue weighted by Gasteiger charge is -2.37. The number of methoxy groups -OCH3 is 3. The summed E-state index contributed by atoms with van der Waals surface area (Å²) in [4.78, 5) is 41.0. The van der Waals surface area contributed by atoms with Crippen molar-refractivity contribution >= 4 is 17.8 Å². The van der Waals surface area contributed by atoms with Crippen molar-refractivity contribution < 1.29 is 28.6 Å². The molecule has 2 aromatic carbocycles. The topological polar surface area (TPSA) is 85.4 Å². The van der Waals surface area contributed by atoms with Crippen molar-refractivity contribution in [2.75, 3.05) is 41.0 Å². The van der Waals surface area contributed by atoms with Gasteiger partial charge in [-0.25, -0.2) is 0 Å². The molecule has 0 radical (unpaired) electrons. The van der Waals surface area contributed by atoms with Crippen LogP contribution in [0.15, 0.2) is 36.4 Å². The predicted molar refractivity (Wildman–Crippen MR) is 125 cm³/mol. The van der Waals surface area contributed by atoms with Crippen molar-refractivity contribution in [3.8, 4) is 11.5 Å². The zero-order valence-corrected chi connectivity index (χ0v) is 19.8. The van der Waals surface area contributed by atoms with E-state index < -0.39 is 0 Å². The van der Waals surface area contributed by atoms with Crippen LogP contribution >= 0.6 is 0 Å². The van der Waals surface area contributed by atoms with Crippen LogP contribution < -0.4 is 9.47 Å². The molecule has 0 saturated carbocycles. The Labute approximate surface area is 199 Å². The van der Waals surface area contributed by atoms with E-state index in [0.717, 1.165) is 37.1 Å². The number of amides is 2. The minimum Gasteiger partial charge on any atom is -0.493 e. The van der Waals surface area contributed by atoms with E-state index in [9.17, 15) is 14.4 Å². The van der Waals surface area contributed by atoms with Crippen molar-refractivity contribution in [2.24, 2.45) is 0 Å². The second-order valence-electron chi connectivity index (χ2n) is 8.50. The minimum absolute atomic E-state index is 0.143. The number of carbonyl (C=O) groups excluding carboxylic acids is 3. The quantitative estimate of drug-likeness (QED) is 0.319. The molecule has 180 valence electrons. The molecule has 2 aromatic rings. The number of esters is 1. The summed E-state index contributed by atoms with van der Waals surface area (Å²) in [6.45, 7) is 1.90. The van der Waals surface area contributed by atoms with Crippen molar-refractivity contribution in [2.45, 2.75) is 31.7 Å². The number of carbonyl (C=O) groups is 3. The Kier molecular flexibility index (Phi) is 7.17. The summed E-state index contributed by atoms with van der Waals surface area (Å²) in [5, 5.41) is 0. The summed E-state index contributed by atoms with van der Waals surface area (Å²) in [7, 11) is 4.60. The minimum atomic E-state index is -0.274. The number of ether oxygens (including phenoxy) is 3. The van der Waals surface area contributed by atoms with Crippen LogP contribution in [-0.2, 0) is 16.0 Å². The van der Waals surface area contributed by atoms with Gasteiger partial charge in [-0.15, -0.1) is 0 Å². The second kappa shape index (κ2) is 10.3. The summed E-state index contributed by atoms with van der Waals surface area (Å²) < 4.78 is 15.9. The van der Waals surface area contributed by atoms with E-state index >= 15 is 0 Å². The molecule has 0 fully saturated rings. The smallest absolute Gasteiger partial charge is 0.307 e. The maximum Gasteiger partial charge on any atom is 0.307 e. The molecular formula is C26H30N2O6. The van der Waals surface area contributed by atoms with Gasteiger partial charge < -0.3 is 14.2 Å². The average Bonchev–Trinajstić information content (AvgIpc) is 3.11. The van der Waals surface area contributed by atoms with E-state index in [1.807, 2.05) is 12.1 Å². The van der Waals surface area contributed by atoms with Crippen molar-refractivity contribution in [3.05, 3.63) is 58.7 Å². The van der Waals surface area contributed by atoms with Crippen LogP contribution in [0.1, 0.15) is 57.1 Å². The average molecular weight is 467 g/mol. The molecular weight excluding hydrogens is 436 g/mol. The first-order valence-corrected chi connectivity index (χ1v) is 11.5. The zero-order chi connectivity index (χ0) is 24.2. The molecule has 1 atom stereocenters. The second-order valence-corrected chi connectivity index (χ2v) is 8.50. The molecule has 8 heteroatoms.